The first-order valence-electron chi connectivity index (χ1n) is 23.9. The van der Waals surface area contributed by atoms with Crippen molar-refractivity contribution in [3.8, 4) is 0 Å². The Morgan fingerprint density at radius 2 is 1.20 bits per heavy atom. The van der Waals surface area contributed by atoms with Crippen molar-refractivity contribution in [3.63, 3.8) is 0 Å². The zero-order valence-corrected chi connectivity index (χ0v) is 37.5. The van der Waals surface area contributed by atoms with E-state index >= 15 is 0 Å². The standard InChI is InChI=1S/C45H76O19/c1-19(18-58-40-37(55)34(52)31(49)27(15-46)60-40)7-12-45(57)20(2)30-26(64-45)14-25-23-6-5-21-13-22(8-10-43(21,3)24(23)9-11-44(25,30)4)59-42-39(36(54)33(51)29(17-48)62-42)63-41-38(56)35(53)32(50)28(16-47)61-41/h19-42,46-57H,5-18H2,1-4H3/t19-,20?,21+,22-,23?,24?,25?,26?,27+,28+,29+,30?,31+,32+,33-,34-,35-,36-,37+,38+,39+,40?,41-,42+,43-,44-,45?/m0/s1. The molecular weight excluding hydrogens is 844 g/mol. The fourth-order valence-electron chi connectivity index (χ4n) is 14.2. The van der Waals surface area contributed by atoms with Crippen molar-refractivity contribution in [2.45, 2.75) is 202 Å². The van der Waals surface area contributed by atoms with Crippen molar-refractivity contribution in [1.82, 2.24) is 0 Å². The molecule has 370 valence electrons. The van der Waals surface area contributed by atoms with Crippen LogP contribution in [0.5, 0.6) is 0 Å². The van der Waals surface area contributed by atoms with Crippen LogP contribution in [0.4, 0.5) is 0 Å². The van der Waals surface area contributed by atoms with Gasteiger partial charge in [-0.25, -0.2) is 0 Å². The molecule has 0 bridgehead atoms. The highest BCUT2D eigenvalue weighted by Gasteiger charge is 2.68. The molecule has 12 N–H and O–H groups in total. The summed E-state index contributed by atoms with van der Waals surface area (Å²) in [4.78, 5) is 0. The van der Waals surface area contributed by atoms with Gasteiger partial charge in [0, 0.05) is 12.3 Å². The second-order valence-corrected chi connectivity index (χ2v) is 21.5. The molecule has 0 spiro atoms. The van der Waals surface area contributed by atoms with Crippen LogP contribution in [0, 0.1) is 52.3 Å². The Morgan fingerprint density at radius 3 is 1.84 bits per heavy atom. The summed E-state index contributed by atoms with van der Waals surface area (Å²) in [5.41, 5.74) is 0.0475. The quantitative estimate of drug-likeness (QED) is 0.0909. The average Bonchev–Trinajstić information content (AvgIpc) is 3.71. The van der Waals surface area contributed by atoms with Gasteiger partial charge in [0.05, 0.1) is 38.6 Å². The van der Waals surface area contributed by atoms with E-state index in [-0.39, 0.29) is 47.4 Å². The monoisotopic (exact) mass is 920 g/mol. The molecule has 27 atom stereocenters. The van der Waals surface area contributed by atoms with E-state index in [9.17, 15) is 61.3 Å². The second-order valence-electron chi connectivity index (χ2n) is 21.5. The molecule has 4 saturated carbocycles. The molecular formula is C45H76O19. The zero-order valence-electron chi connectivity index (χ0n) is 37.5. The molecule has 64 heavy (non-hydrogen) atoms. The Kier molecular flexibility index (Phi) is 14.9. The van der Waals surface area contributed by atoms with Gasteiger partial charge in [-0.05, 0) is 104 Å². The molecule has 4 aliphatic carbocycles. The fraction of sp³-hybridized carbons (Fsp3) is 1.00. The van der Waals surface area contributed by atoms with Crippen molar-refractivity contribution >= 4 is 0 Å². The average molecular weight is 921 g/mol. The lowest BCUT2D eigenvalue weighted by atomic mass is 9.44. The van der Waals surface area contributed by atoms with E-state index in [0.717, 1.165) is 44.9 Å². The highest BCUT2D eigenvalue weighted by atomic mass is 16.8. The van der Waals surface area contributed by atoms with Crippen molar-refractivity contribution < 1.29 is 94.4 Å². The molecule has 0 radical (unpaired) electrons. The van der Waals surface area contributed by atoms with Gasteiger partial charge in [-0.2, -0.15) is 0 Å². The van der Waals surface area contributed by atoms with E-state index in [4.69, 9.17) is 33.2 Å². The summed E-state index contributed by atoms with van der Waals surface area (Å²) in [6, 6.07) is 0. The zero-order chi connectivity index (χ0) is 46.2. The summed E-state index contributed by atoms with van der Waals surface area (Å²) < 4.78 is 42.0. The molecule has 4 heterocycles. The maximum absolute atomic E-state index is 12.1. The summed E-state index contributed by atoms with van der Waals surface area (Å²) in [7, 11) is 0. The summed E-state index contributed by atoms with van der Waals surface area (Å²) in [6.45, 7) is 7.28. The van der Waals surface area contributed by atoms with Crippen LogP contribution in [0.25, 0.3) is 0 Å². The number of ether oxygens (including phenoxy) is 7. The minimum Gasteiger partial charge on any atom is -0.394 e. The van der Waals surface area contributed by atoms with Crippen molar-refractivity contribution in [2.75, 3.05) is 26.4 Å². The van der Waals surface area contributed by atoms with Crippen molar-refractivity contribution in [2.24, 2.45) is 52.3 Å². The van der Waals surface area contributed by atoms with Crippen molar-refractivity contribution in [3.05, 3.63) is 0 Å². The van der Waals surface area contributed by atoms with Gasteiger partial charge in [0.15, 0.2) is 24.7 Å². The lowest BCUT2D eigenvalue weighted by molar-refractivity contribution is -0.373. The molecule has 0 aromatic carbocycles. The van der Waals surface area contributed by atoms with Gasteiger partial charge in [-0.15, -0.1) is 0 Å². The maximum Gasteiger partial charge on any atom is 0.187 e. The molecule has 19 nitrogen and oxygen atoms in total. The van der Waals surface area contributed by atoms with Gasteiger partial charge in [0.1, 0.15) is 73.2 Å². The van der Waals surface area contributed by atoms with Crippen molar-refractivity contribution in [1.29, 1.82) is 0 Å². The topological polar surface area (TPSA) is 307 Å². The Morgan fingerprint density at radius 1 is 0.625 bits per heavy atom. The van der Waals surface area contributed by atoms with Gasteiger partial charge in [0.2, 0.25) is 0 Å². The number of rotatable bonds is 13. The van der Waals surface area contributed by atoms with Crippen LogP contribution in [-0.2, 0) is 33.2 Å². The summed E-state index contributed by atoms with van der Waals surface area (Å²) >= 11 is 0. The number of hydrogen-bond acceptors (Lipinski definition) is 19. The largest absolute Gasteiger partial charge is 0.394 e. The number of aliphatic hydroxyl groups excluding tert-OH is 11. The molecule has 8 fully saturated rings. The van der Waals surface area contributed by atoms with E-state index in [1.54, 1.807) is 0 Å². The van der Waals surface area contributed by atoms with Crippen LogP contribution < -0.4 is 0 Å². The highest BCUT2D eigenvalue weighted by Crippen LogP contribution is 2.71. The van der Waals surface area contributed by atoms with Crippen LogP contribution in [0.15, 0.2) is 0 Å². The third-order valence-corrected chi connectivity index (χ3v) is 18.0. The second kappa shape index (κ2) is 19.2. The Labute approximate surface area is 374 Å². The minimum absolute atomic E-state index is 0.00000712. The molecule has 0 aromatic rings. The molecule has 8 aliphatic rings. The lowest BCUT2D eigenvalue weighted by Gasteiger charge is -2.61. The predicted octanol–water partition coefficient (Wildman–Crippen LogP) is -1.78. The van der Waals surface area contributed by atoms with Gasteiger partial charge in [-0.3, -0.25) is 0 Å². The van der Waals surface area contributed by atoms with Crippen LogP contribution in [-0.4, -0.2) is 198 Å². The van der Waals surface area contributed by atoms with E-state index in [2.05, 4.69) is 20.8 Å². The first-order valence-corrected chi connectivity index (χ1v) is 23.9. The fourth-order valence-corrected chi connectivity index (χ4v) is 14.2. The Balaban J connectivity index is 0.869. The molecule has 19 heteroatoms. The maximum atomic E-state index is 12.1. The van der Waals surface area contributed by atoms with E-state index in [1.807, 2.05) is 6.92 Å². The van der Waals surface area contributed by atoms with Gasteiger partial charge in [0.25, 0.3) is 0 Å². The van der Waals surface area contributed by atoms with Crippen LogP contribution in [0.2, 0.25) is 0 Å². The lowest BCUT2D eigenvalue weighted by Crippen LogP contribution is -2.65. The minimum atomic E-state index is -1.75. The van der Waals surface area contributed by atoms with Crippen LogP contribution in [0.3, 0.4) is 0 Å². The Hall–Kier alpha value is -0.760. The molecule has 8 unspecified atom stereocenters. The van der Waals surface area contributed by atoms with Gasteiger partial charge < -0.3 is 94.4 Å². The molecule has 4 saturated heterocycles. The van der Waals surface area contributed by atoms with E-state index < -0.39 is 118 Å². The number of fused-ring (bicyclic) bond motifs is 7. The molecule has 0 amide bonds. The molecule has 4 aliphatic heterocycles. The van der Waals surface area contributed by atoms with E-state index in [0.29, 0.717) is 42.9 Å². The SMILES string of the molecule is CC1C2C(CC3C4CC[C@@H]5C[C@@H](O[C@@H]6O[C@H](CO)[C@H](O)[C@H](O)[C@H]6O[C@@H]6O[C@H](CO)[C@@H](O)[C@H](O)[C@H]6O)CC[C@]5(C)C4CC[C@@]32C)OC1(O)CC[C@H](C)COC1O[C@H](CO)[C@@H](O)[C@H](O)[C@H]1O. The summed E-state index contributed by atoms with van der Waals surface area (Å²) in [6.07, 6.45) is -13.7. The first-order chi connectivity index (χ1) is 30.3. The highest BCUT2D eigenvalue weighted by molar-refractivity contribution is 5.15. The normalized spacial score (nSPS) is 55.6. The third kappa shape index (κ3) is 8.65. The molecule has 8 rings (SSSR count). The smallest absolute Gasteiger partial charge is 0.187 e. The summed E-state index contributed by atoms with van der Waals surface area (Å²) in [5.74, 6) is 0.532. The molecule has 0 aromatic heterocycles. The van der Waals surface area contributed by atoms with Gasteiger partial charge in [-0.1, -0.05) is 27.7 Å². The van der Waals surface area contributed by atoms with Gasteiger partial charge >= 0.3 is 0 Å². The van der Waals surface area contributed by atoms with E-state index in [1.165, 1.54) is 0 Å². The van der Waals surface area contributed by atoms with Crippen LogP contribution >= 0.6 is 0 Å². The predicted molar refractivity (Wildman–Crippen MR) is 219 cm³/mol. The summed E-state index contributed by atoms with van der Waals surface area (Å²) in [5, 5.41) is 125. The third-order valence-electron chi connectivity index (χ3n) is 18.0. The number of aliphatic hydroxyl groups is 12. The first kappa shape index (κ1) is 49.7. The Bertz CT molecular complexity index is 1560. The van der Waals surface area contributed by atoms with Crippen LogP contribution in [0.1, 0.15) is 91.9 Å². The number of hydrogen-bond donors (Lipinski definition) is 12.